The van der Waals surface area contributed by atoms with E-state index < -0.39 is 12.0 Å². The van der Waals surface area contributed by atoms with Gasteiger partial charge >= 0.3 is 5.97 Å². The first-order valence-corrected chi connectivity index (χ1v) is 3.42. The highest BCUT2D eigenvalue weighted by molar-refractivity contribution is 5.72. The first-order chi connectivity index (χ1) is 5.70. The van der Waals surface area contributed by atoms with Gasteiger partial charge in [0.1, 0.15) is 6.04 Å². The molecule has 66 valence electrons. The molecule has 0 saturated heterocycles. The van der Waals surface area contributed by atoms with Crippen LogP contribution in [0.2, 0.25) is 0 Å². The Morgan fingerprint density at radius 3 is 3.17 bits per heavy atom. The van der Waals surface area contributed by atoms with Gasteiger partial charge in [0.15, 0.2) is 6.33 Å². The monoisotopic (exact) mass is 171 g/mol. The average molecular weight is 171 g/mol. The molecule has 1 aromatic heterocycles. The molecule has 0 amide bonds. The summed E-state index contributed by atoms with van der Waals surface area (Å²) in [6.07, 6.45) is 1.27. The highest BCUT2D eigenvalue weighted by Crippen LogP contribution is 1.91. The van der Waals surface area contributed by atoms with Gasteiger partial charge < -0.3 is 9.63 Å². The summed E-state index contributed by atoms with van der Waals surface area (Å²) < 4.78 is 4.65. The van der Waals surface area contributed by atoms with E-state index in [1.165, 1.54) is 6.33 Å². The number of nitrogens with zero attached hydrogens (tertiary/aromatic N) is 2. The minimum absolute atomic E-state index is 0.271. The standard InChI is InChI=1S/C6H9N3O3/c1-4(6(10)11)7-2-5-8-3-9-12-5/h3-4,7H,2H2,1H3,(H,10,11)/t4-/m1/s1. The number of aromatic nitrogens is 2. The Morgan fingerprint density at radius 1 is 1.92 bits per heavy atom. The number of carboxylic acids is 1. The molecule has 1 heterocycles. The molecule has 6 heteroatoms. The second-order valence-corrected chi connectivity index (χ2v) is 2.28. The second kappa shape index (κ2) is 3.82. The Bertz CT molecular complexity index is 247. The molecule has 0 spiro atoms. The van der Waals surface area contributed by atoms with Crippen molar-refractivity contribution in [3.8, 4) is 0 Å². The molecule has 0 aliphatic carbocycles. The fourth-order valence-corrected chi connectivity index (χ4v) is 0.602. The third kappa shape index (κ3) is 2.31. The summed E-state index contributed by atoms with van der Waals surface area (Å²) in [6.45, 7) is 1.81. The number of rotatable bonds is 4. The Labute approximate surface area is 68.6 Å². The zero-order valence-corrected chi connectivity index (χ0v) is 6.52. The third-order valence-corrected chi connectivity index (χ3v) is 1.34. The Morgan fingerprint density at radius 2 is 2.67 bits per heavy atom. The van der Waals surface area contributed by atoms with Crippen molar-refractivity contribution in [2.75, 3.05) is 0 Å². The minimum atomic E-state index is -0.908. The molecule has 0 aromatic carbocycles. The number of hydrogen-bond acceptors (Lipinski definition) is 5. The van der Waals surface area contributed by atoms with Gasteiger partial charge in [-0.2, -0.15) is 4.98 Å². The van der Waals surface area contributed by atoms with Gasteiger partial charge in [0.25, 0.3) is 0 Å². The van der Waals surface area contributed by atoms with Crippen LogP contribution in [-0.2, 0) is 11.3 Å². The zero-order chi connectivity index (χ0) is 8.97. The average Bonchev–Trinajstić information content (AvgIpc) is 2.51. The summed E-state index contributed by atoms with van der Waals surface area (Å²) in [5, 5.41) is 14.5. The van der Waals surface area contributed by atoms with Crippen molar-refractivity contribution < 1.29 is 14.4 Å². The summed E-state index contributed by atoms with van der Waals surface area (Å²) in [6, 6.07) is -0.614. The Hall–Kier alpha value is -1.43. The SMILES string of the molecule is C[C@@H](NCc1ncno1)C(=O)O. The molecule has 1 atom stereocenters. The topological polar surface area (TPSA) is 88.3 Å². The van der Waals surface area contributed by atoms with Gasteiger partial charge in [-0.05, 0) is 6.92 Å². The molecule has 2 N–H and O–H groups in total. The fraction of sp³-hybridized carbons (Fsp3) is 0.500. The smallest absolute Gasteiger partial charge is 0.320 e. The van der Waals surface area contributed by atoms with E-state index in [0.29, 0.717) is 5.89 Å². The molecule has 1 rings (SSSR count). The van der Waals surface area contributed by atoms with Crippen LogP contribution in [0.3, 0.4) is 0 Å². The van der Waals surface area contributed by atoms with E-state index in [4.69, 9.17) is 5.11 Å². The number of carbonyl (C=O) groups is 1. The summed E-state index contributed by atoms with van der Waals surface area (Å²) in [7, 11) is 0. The molecule has 0 fully saturated rings. The maximum Gasteiger partial charge on any atom is 0.320 e. The second-order valence-electron chi connectivity index (χ2n) is 2.28. The maximum atomic E-state index is 10.3. The zero-order valence-electron chi connectivity index (χ0n) is 6.52. The molecular weight excluding hydrogens is 162 g/mol. The number of carboxylic acid groups (broad SMARTS) is 1. The summed E-state index contributed by atoms with van der Waals surface area (Å²) >= 11 is 0. The molecule has 0 aliphatic rings. The van der Waals surface area contributed by atoms with Crippen molar-refractivity contribution in [1.29, 1.82) is 0 Å². The van der Waals surface area contributed by atoms with E-state index in [1.54, 1.807) is 6.92 Å². The van der Waals surface area contributed by atoms with Crippen LogP contribution >= 0.6 is 0 Å². The van der Waals surface area contributed by atoms with Gasteiger partial charge in [0, 0.05) is 0 Å². The van der Waals surface area contributed by atoms with E-state index in [-0.39, 0.29) is 6.54 Å². The number of aliphatic carboxylic acids is 1. The van der Waals surface area contributed by atoms with E-state index in [1.807, 2.05) is 0 Å². The highest BCUT2D eigenvalue weighted by atomic mass is 16.5. The van der Waals surface area contributed by atoms with Gasteiger partial charge in [-0.3, -0.25) is 10.1 Å². The molecule has 0 aliphatic heterocycles. The lowest BCUT2D eigenvalue weighted by Crippen LogP contribution is -2.33. The largest absolute Gasteiger partial charge is 0.480 e. The van der Waals surface area contributed by atoms with Gasteiger partial charge in [0.2, 0.25) is 5.89 Å². The molecular formula is C6H9N3O3. The van der Waals surface area contributed by atoms with Crippen molar-refractivity contribution in [2.24, 2.45) is 0 Å². The predicted molar refractivity (Wildman–Crippen MR) is 38.2 cm³/mol. The molecule has 0 bridgehead atoms. The van der Waals surface area contributed by atoms with E-state index in [2.05, 4.69) is 20.0 Å². The molecule has 0 radical (unpaired) electrons. The van der Waals surface area contributed by atoms with Gasteiger partial charge in [-0.15, -0.1) is 0 Å². The summed E-state index contributed by atoms with van der Waals surface area (Å²) in [5.74, 6) is -0.530. The van der Waals surface area contributed by atoms with Crippen molar-refractivity contribution in [3.05, 3.63) is 12.2 Å². The van der Waals surface area contributed by atoms with Crippen molar-refractivity contribution in [1.82, 2.24) is 15.5 Å². The summed E-state index contributed by atoms with van der Waals surface area (Å²) in [4.78, 5) is 14.0. The lowest BCUT2D eigenvalue weighted by atomic mass is 10.3. The lowest BCUT2D eigenvalue weighted by Gasteiger charge is -2.04. The molecule has 12 heavy (non-hydrogen) atoms. The third-order valence-electron chi connectivity index (χ3n) is 1.34. The number of hydrogen-bond donors (Lipinski definition) is 2. The molecule has 1 aromatic rings. The van der Waals surface area contributed by atoms with Crippen LogP contribution < -0.4 is 5.32 Å². The van der Waals surface area contributed by atoms with Gasteiger partial charge in [-0.25, -0.2) is 0 Å². The maximum absolute atomic E-state index is 10.3. The van der Waals surface area contributed by atoms with Crippen LogP contribution in [0.25, 0.3) is 0 Å². The van der Waals surface area contributed by atoms with E-state index >= 15 is 0 Å². The summed E-state index contributed by atoms with van der Waals surface area (Å²) in [5.41, 5.74) is 0. The first-order valence-electron chi connectivity index (χ1n) is 3.42. The van der Waals surface area contributed by atoms with Gasteiger partial charge in [-0.1, -0.05) is 5.16 Å². The van der Waals surface area contributed by atoms with Crippen LogP contribution in [0.4, 0.5) is 0 Å². The quantitative estimate of drug-likeness (QED) is 0.642. The van der Waals surface area contributed by atoms with Crippen LogP contribution in [0.1, 0.15) is 12.8 Å². The molecule has 0 saturated carbocycles. The van der Waals surface area contributed by atoms with E-state index in [9.17, 15) is 4.79 Å². The lowest BCUT2D eigenvalue weighted by molar-refractivity contribution is -0.139. The van der Waals surface area contributed by atoms with Crippen LogP contribution in [0.5, 0.6) is 0 Å². The fourth-order valence-electron chi connectivity index (χ4n) is 0.602. The number of nitrogens with one attached hydrogen (secondary N) is 1. The normalized spacial score (nSPS) is 12.8. The highest BCUT2D eigenvalue weighted by Gasteiger charge is 2.10. The van der Waals surface area contributed by atoms with E-state index in [0.717, 1.165) is 0 Å². The van der Waals surface area contributed by atoms with Crippen LogP contribution in [-0.4, -0.2) is 27.3 Å². The Balaban J connectivity index is 2.31. The Kier molecular flexibility index (Phi) is 2.76. The van der Waals surface area contributed by atoms with Crippen molar-refractivity contribution in [2.45, 2.75) is 19.5 Å². The minimum Gasteiger partial charge on any atom is -0.480 e. The molecule has 0 unspecified atom stereocenters. The van der Waals surface area contributed by atoms with Crippen molar-refractivity contribution in [3.63, 3.8) is 0 Å². The van der Waals surface area contributed by atoms with Gasteiger partial charge in [0.05, 0.1) is 6.54 Å². The molecule has 6 nitrogen and oxygen atoms in total. The predicted octanol–water partition coefficient (Wildman–Crippen LogP) is -0.368. The van der Waals surface area contributed by atoms with Crippen molar-refractivity contribution >= 4 is 5.97 Å². The van der Waals surface area contributed by atoms with Crippen LogP contribution in [0, 0.1) is 0 Å². The first kappa shape index (κ1) is 8.66. The van der Waals surface area contributed by atoms with Crippen LogP contribution in [0.15, 0.2) is 10.9 Å².